The Morgan fingerprint density at radius 3 is 2.32 bits per heavy atom. The molecule has 1 aliphatic heterocycles. The fourth-order valence-corrected chi connectivity index (χ4v) is 6.48. The molecule has 3 amide bonds. The molecule has 12 nitrogen and oxygen atoms in total. The number of hydrogen-bond donors (Lipinski definition) is 1. The van der Waals surface area contributed by atoms with E-state index in [0.717, 1.165) is 22.3 Å². The van der Waals surface area contributed by atoms with Gasteiger partial charge in [-0.05, 0) is 66.8 Å². The molecule has 0 saturated carbocycles. The minimum Gasteiger partial charge on any atom is -0.448 e. The van der Waals surface area contributed by atoms with Crippen molar-refractivity contribution < 1.29 is 28.6 Å². The molecule has 6 rings (SSSR count). The van der Waals surface area contributed by atoms with Crippen LogP contribution in [0.15, 0.2) is 73.1 Å². The van der Waals surface area contributed by atoms with E-state index < -0.39 is 30.0 Å². The van der Waals surface area contributed by atoms with Gasteiger partial charge >= 0.3 is 12.2 Å². The zero-order valence-corrected chi connectivity index (χ0v) is 29.3. The standard InChI is InChI=1S/C37H39ClN6O6/c1-37(2,3)50-36(47)44-18-23(17-43(5)35(46)48-20-28-26-12-8-6-10-24(26)25-11-7-9-13-27(25)28)49-32(19-44)22-14-30(42-33(38)15-22)29-16-31(34(45)39-4)41-21-40-29/h6-16,21,23,28,32H,17-20H2,1-5H3,(H,39,45). The van der Waals surface area contributed by atoms with Crippen LogP contribution in [-0.4, -0.2) is 94.9 Å². The van der Waals surface area contributed by atoms with Crippen LogP contribution in [0.1, 0.15) is 60.0 Å². The Balaban J connectivity index is 1.20. The molecule has 1 saturated heterocycles. The summed E-state index contributed by atoms with van der Waals surface area (Å²) >= 11 is 6.48. The molecule has 1 aliphatic carbocycles. The largest absolute Gasteiger partial charge is 0.448 e. The summed E-state index contributed by atoms with van der Waals surface area (Å²) in [7, 11) is 3.16. The third kappa shape index (κ3) is 7.71. The number of rotatable bonds is 7. The summed E-state index contributed by atoms with van der Waals surface area (Å²) < 4.78 is 18.1. The molecule has 260 valence electrons. The molecule has 0 spiro atoms. The van der Waals surface area contributed by atoms with Crippen molar-refractivity contribution in [3.63, 3.8) is 0 Å². The van der Waals surface area contributed by atoms with Crippen LogP contribution in [0.4, 0.5) is 9.59 Å². The third-order valence-corrected chi connectivity index (χ3v) is 8.71. The minimum absolute atomic E-state index is 0.0781. The summed E-state index contributed by atoms with van der Waals surface area (Å²) in [5, 5.41) is 2.71. The van der Waals surface area contributed by atoms with Gasteiger partial charge in [0.2, 0.25) is 0 Å². The van der Waals surface area contributed by atoms with E-state index in [4.69, 9.17) is 25.8 Å². The molecule has 2 atom stereocenters. The van der Waals surface area contributed by atoms with E-state index in [1.807, 2.05) is 24.3 Å². The third-order valence-electron chi connectivity index (χ3n) is 8.52. The van der Waals surface area contributed by atoms with Crippen molar-refractivity contribution in [1.29, 1.82) is 0 Å². The molecule has 50 heavy (non-hydrogen) atoms. The van der Waals surface area contributed by atoms with Crippen LogP contribution >= 0.6 is 11.6 Å². The smallest absolute Gasteiger partial charge is 0.410 e. The number of carbonyl (C=O) groups is 3. The lowest BCUT2D eigenvalue weighted by Crippen LogP contribution is -2.52. The minimum atomic E-state index is -0.721. The first kappa shape index (κ1) is 34.8. The Morgan fingerprint density at radius 1 is 0.980 bits per heavy atom. The van der Waals surface area contributed by atoms with Gasteiger partial charge in [-0.15, -0.1) is 0 Å². The molecule has 0 bridgehead atoms. The number of fused-ring (bicyclic) bond motifs is 3. The number of likely N-dealkylation sites (N-methyl/N-ethyl adjacent to an activating group) is 1. The van der Waals surface area contributed by atoms with Crippen molar-refractivity contribution in [3.05, 3.63) is 101 Å². The summed E-state index contributed by atoms with van der Waals surface area (Å²) in [4.78, 5) is 54.7. The van der Waals surface area contributed by atoms with Gasteiger partial charge in [0.1, 0.15) is 35.5 Å². The van der Waals surface area contributed by atoms with E-state index in [0.29, 0.717) is 17.0 Å². The number of halogens is 1. The second kappa shape index (κ2) is 14.4. The number of nitrogens with one attached hydrogen (secondary N) is 1. The number of pyridine rings is 1. The highest BCUT2D eigenvalue weighted by atomic mass is 35.5. The monoisotopic (exact) mass is 698 g/mol. The van der Waals surface area contributed by atoms with Crippen LogP contribution in [0.2, 0.25) is 5.15 Å². The molecule has 1 N–H and O–H groups in total. The van der Waals surface area contributed by atoms with Gasteiger partial charge in [-0.25, -0.2) is 24.5 Å². The van der Waals surface area contributed by atoms with Crippen LogP contribution < -0.4 is 5.32 Å². The number of nitrogens with zero attached hydrogens (tertiary/aromatic N) is 5. The molecular formula is C37H39ClN6O6. The number of ether oxygens (including phenoxy) is 3. The van der Waals surface area contributed by atoms with Gasteiger partial charge < -0.3 is 29.3 Å². The summed E-state index contributed by atoms with van der Waals surface area (Å²) in [5.41, 5.74) is 5.39. The van der Waals surface area contributed by atoms with Crippen molar-refractivity contribution in [3.8, 4) is 22.5 Å². The maximum Gasteiger partial charge on any atom is 0.410 e. The maximum atomic E-state index is 13.4. The van der Waals surface area contributed by atoms with Crippen molar-refractivity contribution in [2.24, 2.45) is 0 Å². The fraction of sp³-hybridized carbons (Fsp3) is 0.351. The Bertz CT molecular complexity index is 1870. The quantitative estimate of drug-likeness (QED) is 0.227. The van der Waals surface area contributed by atoms with Crippen molar-refractivity contribution in [2.75, 3.05) is 40.3 Å². The Labute approximate surface area is 295 Å². The highest BCUT2D eigenvalue weighted by Crippen LogP contribution is 2.44. The van der Waals surface area contributed by atoms with Gasteiger partial charge in [-0.2, -0.15) is 0 Å². The van der Waals surface area contributed by atoms with Gasteiger partial charge in [-0.1, -0.05) is 60.1 Å². The highest BCUT2D eigenvalue weighted by Gasteiger charge is 2.36. The van der Waals surface area contributed by atoms with E-state index in [-0.39, 0.29) is 48.9 Å². The number of hydrogen-bond acceptors (Lipinski definition) is 9. The summed E-state index contributed by atoms with van der Waals surface area (Å²) in [6.45, 7) is 6.06. The molecule has 2 aliphatic rings. The zero-order valence-electron chi connectivity index (χ0n) is 28.6. The van der Waals surface area contributed by atoms with Crippen LogP contribution in [0.5, 0.6) is 0 Å². The first-order valence-electron chi connectivity index (χ1n) is 16.3. The van der Waals surface area contributed by atoms with Crippen LogP contribution in [0.3, 0.4) is 0 Å². The average Bonchev–Trinajstić information content (AvgIpc) is 3.42. The zero-order chi connectivity index (χ0) is 35.6. The number of morpholine rings is 1. The number of amides is 3. The van der Waals surface area contributed by atoms with Gasteiger partial charge in [-0.3, -0.25) is 4.79 Å². The Morgan fingerprint density at radius 2 is 1.66 bits per heavy atom. The second-order valence-corrected chi connectivity index (χ2v) is 13.7. The average molecular weight is 699 g/mol. The molecule has 1 fully saturated rings. The molecule has 3 heterocycles. The number of benzene rings is 2. The van der Waals surface area contributed by atoms with Crippen molar-refractivity contribution in [1.82, 2.24) is 30.1 Å². The van der Waals surface area contributed by atoms with Crippen LogP contribution in [0.25, 0.3) is 22.5 Å². The Kier molecular flexibility index (Phi) is 10.0. The van der Waals surface area contributed by atoms with Crippen LogP contribution in [-0.2, 0) is 14.2 Å². The molecule has 2 unspecified atom stereocenters. The fourth-order valence-electron chi connectivity index (χ4n) is 6.27. The van der Waals surface area contributed by atoms with Gasteiger partial charge in [0, 0.05) is 20.0 Å². The van der Waals surface area contributed by atoms with Gasteiger partial charge in [0.15, 0.2) is 0 Å². The van der Waals surface area contributed by atoms with Gasteiger partial charge in [0.05, 0.1) is 37.1 Å². The first-order valence-corrected chi connectivity index (χ1v) is 16.7. The van der Waals surface area contributed by atoms with E-state index in [2.05, 4.69) is 44.5 Å². The SMILES string of the molecule is CNC(=O)c1cc(-c2cc(C3CN(C(=O)OC(C)(C)C)CC(CN(C)C(=O)OCC4c5ccccc5-c5ccccc54)O3)cc(Cl)n2)ncn1. The summed E-state index contributed by atoms with van der Waals surface area (Å²) in [6, 6.07) is 21.2. The molecular weight excluding hydrogens is 660 g/mol. The first-order chi connectivity index (χ1) is 23.9. The molecule has 0 radical (unpaired) electrons. The second-order valence-electron chi connectivity index (χ2n) is 13.3. The predicted octanol–water partition coefficient (Wildman–Crippen LogP) is 6.11. The Hall–Kier alpha value is -5.07. The summed E-state index contributed by atoms with van der Waals surface area (Å²) in [5.74, 6) is -0.450. The lowest BCUT2D eigenvalue weighted by atomic mass is 9.98. The van der Waals surface area contributed by atoms with E-state index in [1.165, 1.54) is 24.3 Å². The van der Waals surface area contributed by atoms with E-state index in [9.17, 15) is 14.4 Å². The van der Waals surface area contributed by atoms with E-state index in [1.54, 1.807) is 44.9 Å². The van der Waals surface area contributed by atoms with Gasteiger partial charge in [0.25, 0.3) is 5.91 Å². The predicted molar refractivity (Wildman–Crippen MR) is 187 cm³/mol. The lowest BCUT2D eigenvalue weighted by molar-refractivity contribution is -0.0949. The van der Waals surface area contributed by atoms with Crippen LogP contribution in [0, 0.1) is 0 Å². The molecule has 2 aromatic carbocycles. The van der Waals surface area contributed by atoms with Crippen molar-refractivity contribution in [2.45, 2.75) is 44.5 Å². The number of carbonyl (C=O) groups excluding carboxylic acids is 3. The normalized spacial score (nSPS) is 17.0. The molecule has 4 aromatic rings. The van der Waals surface area contributed by atoms with Crippen molar-refractivity contribution >= 4 is 29.7 Å². The number of aromatic nitrogens is 3. The topological polar surface area (TPSA) is 136 Å². The maximum absolute atomic E-state index is 13.4. The highest BCUT2D eigenvalue weighted by molar-refractivity contribution is 6.29. The molecule has 2 aromatic heterocycles. The summed E-state index contributed by atoms with van der Waals surface area (Å²) in [6.07, 6.45) is -0.992. The lowest BCUT2D eigenvalue weighted by Gasteiger charge is -2.39. The van der Waals surface area contributed by atoms with E-state index >= 15 is 0 Å². The molecule has 13 heteroatoms.